The van der Waals surface area contributed by atoms with Crippen molar-refractivity contribution in [2.75, 3.05) is 12.8 Å². The number of fused-ring (bicyclic) bond motifs is 1. The highest BCUT2D eigenvalue weighted by molar-refractivity contribution is 6.33. The quantitative estimate of drug-likeness (QED) is 0.723. The average Bonchev–Trinajstić information content (AvgIpc) is 2.84. The summed E-state index contributed by atoms with van der Waals surface area (Å²) in [5.74, 6) is 1.24. The van der Waals surface area contributed by atoms with Crippen LogP contribution in [0.1, 0.15) is 0 Å². The molecule has 1 heterocycles. The summed E-state index contributed by atoms with van der Waals surface area (Å²) in [7, 11) is 1.61. The van der Waals surface area contributed by atoms with E-state index in [2.05, 4.69) is 4.98 Å². The topological polar surface area (TPSA) is 61.3 Å². The van der Waals surface area contributed by atoms with Gasteiger partial charge in [-0.25, -0.2) is 4.98 Å². The van der Waals surface area contributed by atoms with Crippen molar-refractivity contribution in [2.45, 2.75) is 0 Å². The molecule has 0 aliphatic heterocycles. The van der Waals surface area contributed by atoms with Gasteiger partial charge in [-0.15, -0.1) is 0 Å². The smallest absolute Gasteiger partial charge is 0.227 e. The minimum absolute atomic E-state index is 0.499. The standard InChI is InChI=1S/C14H11ClN2O2/c1-18-9-3-5-13-12(7-9)17-14(19-13)8-2-4-10(15)11(16)6-8/h2-7H,16H2,1H3. The van der Waals surface area contributed by atoms with Crippen LogP contribution in [0.15, 0.2) is 40.8 Å². The summed E-state index contributed by atoms with van der Waals surface area (Å²) >= 11 is 5.89. The predicted molar refractivity (Wildman–Crippen MR) is 75.4 cm³/mol. The number of benzene rings is 2. The number of nitrogen functional groups attached to an aromatic ring is 1. The van der Waals surface area contributed by atoms with E-state index in [1.165, 1.54) is 0 Å². The van der Waals surface area contributed by atoms with Crippen molar-refractivity contribution in [3.63, 3.8) is 0 Å². The first-order valence-corrected chi connectivity index (χ1v) is 6.05. The van der Waals surface area contributed by atoms with Crippen LogP contribution < -0.4 is 10.5 Å². The molecule has 1 aromatic heterocycles. The number of hydrogen-bond donors (Lipinski definition) is 1. The Hall–Kier alpha value is -2.20. The third kappa shape index (κ3) is 2.11. The molecule has 96 valence electrons. The molecule has 0 fully saturated rings. The summed E-state index contributed by atoms with van der Waals surface area (Å²) in [6, 6.07) is 10.8. The van der Waals surface area contributed by atoms with Crippen LogP contribution >= 0.6 is 11.6 Å². The molecule has 0 saturated carbocycles. The Morgan fingerprint density at radius 2 is 2.05 bits per heavy atom. The molecule has 4 nitrogen and oxygen atoms in total. The number of oxazole rings is 1. The Morgan fingerprint density at radius 3 is 2.79 bits per heavy atom. The normalized spacial score (nSPS) is 10.8. The van der Waals surface area contributed by atoms with Crippen molar-refractivity contribution < 1.29 is 9.15 Å². The Kier molecular flexibility index (Phi) is 2.80. The molecule has 0 saturated heterocycles. The maximum absolute atomic E-state index is 5.89. The van der Waals surface area contributed by atoms with Crippen molar-refractivity contribution >= 4 is 28.4 Å². The molecule has 5 heteroatoms. The van der Waals surface area contributed by atoms with E-state index >= 15 is 0 Å². The maximum Gasteiger partial charge on any atom is 0.227 e. The van der Waals surface area contributed by atoms with E-state index in [9.17, 15) is 0 Å². The zero-order valence-corrected chi connectivity index (χ0v) is 10.9. The lowest BCUT2D eigenvalue weighted by molar-refractivity contribution is 0.415. The minimum Gasteiger partial charge on any atom is -0.497 e. The fourth-order valence-corrected chi connectivity index (χ4v) is 1.95. The molecule has 19 heavy (non-hydrogen) atoms. The highest BCUT2D eigenvalue weighted by Gasteiger charge is 2.10. The molecule has 2 aromatic carbocycles. The third-order valence-corrected chi connectivity index (χ3v) is 3.18. The molecule has 0 radical (unpaired) electrons. The first-order chi connectivity index (χ1) is 9.17. The van der Waals surface area contributed by atoms with Gasteiger partial charge in [0.15, 0.2) is 5.58 Å². The summed E-state index contributed by atoms with van der Waals surface area (Å²) in [5.41, 5.74) is 8.50. The van der Waals surface area contributed by atoms with E-state index < -0.39 is 0 Å². The van der Waals surface area contributed by atoms with Crippen LogP contribution in [-0.4, -0.2) is 12.1 Å². The Labute approximate surface area is 114 Å². The Morgan fingerprint density at radius 1 is 1.21 bits per heavy atom. The summed E-state index contributed by atoms with van der Waals surface area (Å²) in [6.07, 6.45) is 0. The molecule has 0 unspecified atom stereocenters. The lowest BCUT2D eigenvalue weighted by atomic mass is 10.2. The second-order valence-corrected chi connectivity index (χ2v) is 4.50. The fourth-order valence-electron chi connectivity index (χ4n) is 1.83. The van der Waals surface area contributed by atoms with E-state index in [0.29, 0.717) is 22.2 Å². The van der Waals surface area contributed by atoms with Gasteiger partial charge in [0.25, 0.3) is 0 Å². The van der Waals surface area contributed by atoms with Gasteiger partial charge in [0.05, 0.1) is 17.8 Å². The third-order valence-electron chi connectivity index (χ3n) is 2.84. The number of methoxy groups -OCH3 is 1. The number of halogens is 1. The highest BCUT2D eigenvalue weighted by atomic mass is 35.5. The maximum atomic E-state index is 5.89. The second kappa shape index (κ2) is 4.48. The van der Waals surface area contributed by atoms with Gasteiger partial charge < -0.3 is 14.9 Å². The number of anilines is 1. The highest BCUT2D eigenvalue weighted by Crippen LogP contribution is 2.29. The van der Waals surface area contributed by atoms with E-state index in [-0.39, 0.29) is 0 Å². The zero-order chi connectivity index (χ0) is 13.4. The molecular formula is C14H11ClN2O2. The van der Waals surface area contributed by atoms with E-state index in [1.54, 1.807) is 19.2 Å². The molecular weight excluding hydrogens is 264 g/mol. The first kappa shape index (κ1) is 11.9. The van der Waals surface area contributed by atoms with Crippen LogP contribution in [0.2, 0.25) is 5.02 Å². The molecule has 0 amide bonds. The summed E-state index contributed by atoms with van der Waals surface area (Å²) in [6.45, 7) is 0. The summed E-state index contributed by atoms with van der Waals surface area (Å²) in [4.78, 5) is 4.42. The molecule has 2 N–H and O–H groups in total. The fraction of sp³-hybridized carbons (Fsp3) is 0.0714. The second-order valence-electron chi connectivity index (χ2n) is 4.09. The number of hydrogen-bond acceptors (Lipinski definition) is 4. The van der Waals surface area contributed by atoms with Crippen LogP contribution in [0.25, 0.3) is 22.6 Å². The van der Waals surface area contributed by atoms with Crippen LogP contribution in [0, 0.1) is 0 Å². The molecule has 0 bridgehead atoms. The largest absolute Gasteiger partial charge is 0.497 e. The van der Waals surface area contributed by atoms with Crippen LogP contribution in [-0.2, 0) is 0 Å². The van der Waals surface area contributed by atoms with Crippen molar-refractivity contribution in [3.05, 3.63) is 41.4 Å². The van der Waals surface area contributed by atoms with Gasteiger partial charge in [-0.1, -0.05) is 11.6 Å². The van der Waals surface area contributed by atoms with E-state index in [0.717, 1.165) is 16.8 Å². The van der Waals surface area contributed by atoms with Gasteiger partial charge in [0.2, 0.25) is 5.89 Å². The number of aromatic nitrogens is 1. The minimum atomic E-state index is 0.499. The molecule has 0 aliphatic carbocycles. The molecule has 0 aliphatic rings. The van der Waals surface area contributed by atoms with Crippen LogP contribution in [0.3, 0.4) is 0 Å². The molecule has 3 aromatic rings. The summed E-state index contributed by atoms with van der Waals surface area (Å²) < 4.78 is 10.8. The SMILES string of the molecule is COc1ccc2oc(-c3ccc(Cl)c(N)c3)nc2c1. The van der Waals surface area contributed by atoms with Crippen LogP contribution in [0.4, 0.5) is 5.69 Å². The zero-order valence-electron chi connectivity index (χ0n) is 10.2. The molecule has 0 spiro atoms. The first-order valence-electron chi connectivity index (χ1n) is 5.67. The van der Waals surface area contributed by atoms with Crippen LogP contribution in [0.5, 0.6) is 5.75 Å². The van der Waals surface area contributed by atoms with Gasteiger partial charge in [-0.2, -0.15) is 0 Å². The Bertz CT molecular complexity index is 752. The molecule has 0 atom stereocenters. The van der Waals surface area contributed by atoms with E-state index in [1.807, 2.05) is 24.3 Å². The average molecular weight is 275 g/mol. The van der Waals surface area contributed by atoms with Crippen molar-refractivity contribution in [3.8, 4) is 17.2 Å². The summed E-state index contributed by atoms with van der Waals surface area (Å²) in [5, 5.41) is 0.515. The predicted octanol–water partition coefficient (Wildman–Crippen LogP) is 3.74. The monoisotopic (exact) mass is 274 g/mol. The van der Waals surface area contributed by atoms with Gasteiger partial charge in [-0.05, 0) is 30.3 Å². The van der Waals surface area contributed by atoms with E-state index in [4.69, 9.17) is 26.5 Å². The number of ether oxygens (including phenoxy) is 1. The van der Waals surface area contributed by atoms with Crippen molar-refractivity contribution in [1.29, 1.82) is 0 Å². The van der Waals surface area contributed by atoms with Crippen molar-refractivity contribution in [2.24, 2.45) is 0 Å². The lowest BCUT2D eigenvalue weighted by Crippen LogP contribution is -1.87. The number of nitrogens with zero attached hydrogens (tertiary/aromatic N) is 1. The number of nitrogens with two attached hydrogens (primary N) is 1. The van der Waals surface area contributed by atoms with Crippen molar-refractivity contribution in [1.82, 2.24) is 4.98 Å². The lowest BCUT2D eigenvalue weighted by Gasteiger charge is -1.99. The van der Waals surface area contributed by atoms with Gasteiger partial charge in [0, 0.05) is 11.6 Å². The van der Waals surface area contributed by atoms with Gasteiger partial charge in [0.1, 0.15) is 11.3 Å². The Balaban J connectivity index is 2.11. The number of rotatable bonds is 2. The molecule has 3 rings (SSSR count). The van der Waals surface area contributed by atoms with Gasteiger partial charge >= 0.3 is 0 Å². The van der Waals surface area contributed by atoms with Gasteiger partial charge in [-0.3, -0.25) is 0 Å².